The molecular formula is C28H51N3O2. The predicted octanol–water partition coefficient (Wildman–Crippen LogP) is 5.61. The molecule has 2 N–H and O–H groups in total. The zero-order valence-electron chi connectivity index (χ0n) is 22.9. The molecular weight excluding hydrogens is 410 g/mol. The molecule has 5 nitrogen and oxygen atoms in total. The summed E-state index contributed by atoms with van der Waals surface area (Å²) >= 11 is 0. The average Bonchev–Trinajstić information content (AvgIpc) is 2.78. The Morgan fingerprint density at radius 3 is 2.03 bits per heavy atom. The molecule has 1 rings (SSSR count). The summed E-state index contributed by atoms with van der Waals surface area (Å²) in [6, 6.07) is -0.357. The molecule has 190 valence electrons. The number of nitrogens with zero attached hydrogens (tertiary/aromatic N) is 1. The van der Waals surface area contributed by atoms with Gasteiger partial charge in [0.15, 0.2) is 0 Å². The molecule has 33 heavy (non-hydrogen) atoms. The van der Waals surface area contributed by atoms with E-state index in [1.54, 1.807) is 0 Å². The van der Waals surface area contributed by atoms with Gasteiger partial charge in [-0.15, -0.1) is 0 Å². The lowest BCUT2D eigenvalue weighted by Gasteiger charge is -2.40. The van der Waals surface area contributed by atoms with Crippen molar-refractivity contribution in [2.45, 2.75) is 124 Å². The summed E-state index contributed by atoms with van der Waals surface area (Å²) in [5.74, 6) is 0.407. The second kappa shape index (κ2) is 13.3. The molecule has 5 heteroatoms. The highest BCUT2D eigenvalue weighted by Gasteiger charge is 2.41. The van der Waals surface area contributed by atoms with E-state index in [0.29, 0.717) is 12.8 Å². The fourth-order valence-corrected chi connectivity index (χ4v) is 5.04. The quantitative estimate of drug-likeness (QED) is 0.371. The summed E-state index contributed by atoms with van der Waals surface area (Å²) in [6.07, 6.45) is 8.93. The Labute approximate surface area is 203 Å². The van der Waals surface area contributed by atoms with Gasteiger partial charge in [0.1, 0.15) is 6.04 Å². The second-order valence-corrected chi connectivity index (χ2v) is 10.8. The molecule has 0 spiro atoms. The van der Waals surface area contributed by atoms with E-state index in [2.05, 4.69) is 51.0 Å². The Kier molecular flexibility index (Phi) is 11.9. The minimum absolute atomic E-state index is 0.0189. The van der Waals surface area contributed by atoms with Crippen LogP contribution in [0, 0.1) is 11.8 Å². The van der Waals surface area contributed by atoms with Crippen molar-refractivity contribution in [1.82, 2.24) is 15.5 Å². The number of likely N-dealkylation sites (N-methyl/N-ethyl adjacent to an activating group) is 1. The molecule has 2 amide bonds. The minimum Gasteiger partial charge on any atom is -0.342 e. The summed E-state index contributed by atoms with van der Waals surface area (Å²) in [6.45, 7) is 20.6. The summed E-state index contributed by atoms with van der Waals surface area (Å²) in [4.78, 5) is 29.4. The number of carbonyl (C=O) groups is 2. The van der Waals surface area contributed by atoms with E-state index in [1.165, 1.54) is 6.42 Å². The first kappa shape index (κ1) is 29.4. The Morgan fingerprint density at radius 2 is 1.61 bits per heavy atom. The van der Waals surface area contributed by atoms with Crippen LogP contribution in [0.25, 0.3) is 0 Å². The van der Waals surface area contributed by atoms with Gasteiger partial charge in [0.2, 0.25) is 11.8 Å². The molecule has 2 unspecified atom stereocenters. The first-order chi connectivity index (χ1) is 15.4. The molecule has 1 aliphatic rings. The first-order valence-corrected chi connectivity index (χ1v) is 13.1. The van der Waals surface area contributed by atoms with Gasteiger partial charge in [-0.1, -0.05) is 70.8 Å². The third-order valence-electron chi connectivity index (χ3n) is 7.45. The third-order valence-corrected chi connectivity index (χ3v) is 7.45. The maximum Gasteiger partial charge on any atom is 0.245 e. The van der Waals surface area contributed by atoms with Crippen LogP contribution in [0.4, 0.5) is 0 Å². The molecule has 1 aliphatic carbocycles. The lowest BCUT2D eigenvalue weighted by Crippen LogP contribution is -2.63. The Hall–Kier alpha value is -1.62. The van der Waals surface area contributed by atoms with Gasteiger partial charge in [-0.05, 0) is 65.2 Å². The van der Waals surface area contributed by atoms with Gasteiger partial charge in [0.05, 0.1) is 11.6 Å². The van der Waals surface area contributed by atoms with E-state index in [0.717, 1.165) is 36.8 Å². The average molecular weight is 462 g/mol. The molecule has 1 fully saturated rings. The highest BCUT2D eigenvalue weighted by molar-refractivity contribution is 5.92. The Morgan fingerprint density at radius 1 is 1.06 bits per heavy atom. The lowest BCUT2D eigenvalue weighted by molar-refractivity contribution is -0.141. The fraction of sp³-hybridized carbons (Fsp3) is 0.786. The van der Waals surface area contributed by atoms with Crippen molar-refractivity contribution >= 4 is 11.8 Å². The molecule has 2 atom stereocenters. The van der Waals surface area contributed by atoms with Crippen LogP contribution >= 0.6 is 0 Å². The molecule has 0 aromatic rings. The molecule has 0 saturated heterocycles. The van der Waals surface area contributed by atoms with Gasteiger partial charge in [0.25, 0.3) is 0 Å². The molecule has 0 aromatic carbocycles. The number of hydrogen-bond donors (Lipinski definition) is 2. The predicted molar refractivity (Wildman–Crippen MR) is 140 cm³/mol. The van der Waals surface area contributed by atoms with Gasteiger partial charge in [-0.2, -0.15) is 0 Å². The smallest absolute Gasteiger partial charge is 0.245 e. The van der Waals surface area contributed by atoms with Crippen LogP contribution in [-0.4, -0.2) is 47.4 Å². The van der Waals surface area contributed by atoms with Crippen molar-refractivity contribution < 1.29 is 9.59 Å². The monoisotopic (exact) mass is 461 g/mol. The summed E-state index contributed by atoms with van der Waals surface area (Å²) in [5, 5.41) is 6.75. The van der Waals surface area contributed by atoms with Crippen molar-refractivity contribution in [3.63, 3.8) is 0 Å². The van der Waals surface area contributed by atoms with Crippen LogP contribution in [0.2, 0.25) is 0 Å². The first-order valence-electron chi connectivity index (χ1n) is 13.1. The van der Waals surface area contributed by atoms with Crippen molar-refractivity contribution in [1.29, 1.82) is 0 Å². The zero-order chi connectivity index (χ0) is 25.3. The number of hydrogen-bond acceptors (Lipinski definition) is 3. The van der Waals surface area contributed by atoms with Crippen LogP contribution in [0.3, 0.4) is 0 Å². The molecule has 0 heterocycles. The van der Waals surface area contributed by atoms with E-state index in [-0.39, 0.29) is 35.7 Å². The summed E-state index contributed by atoms with van der Waals surface area (Å²) in [5.41, 5.74) is 1.45. The van der Waals surface area contributed by atoms with Crippen molar-refractivity contribution in [2.24, 2.45) is 11.8 Å². The van der Waals surface area contributed by atoms with Crippen LogP contribution in [-0.2, 0) is 9.59 Å². The maximum atomic E-state index is 13.9. The van der Waals surface area contributed by atoms with Crippen LogP contribution in [0.15, 0.2) is 23.8 Å². The second-order valence-electron chi connectivity index (χ2n) is 10.8. The molecule has 0 aromatic heterocycles. The molecule has 0 bridgehead atoms. The van der Waals surface area contributed by atoms with E-state index in [9.17, 15) is 9.59 Å². The topological polar surface area (TPSA) is 61.4 Å². The number of rotatable bonds is 12. The third kappa shape index (κ3) is 7.98. The van der Waals surface area contributed by atoms with Gasteiger partial charge in [0, 0.05) is 13.1 Å². The van der Waals surface area contributed by atoms with Crippen molar-refractivity contribution in [3.8, 4) is 0 Å². The van der Waals surface area contributed by atoms with E-state index in [1.807, 2.05) is 39.6 Å². The SMILES string of the molecule is C=C(C)/C(C)=C/C(C(C)C)N(C)C(=O)C(NC(=O)C(CC)(CC)NC(C)C)C1CCCCC1. The molecule has 0 aliphatic heterocycles. The number of carbonyl (C=O) groups excluding carboxylic acids is 2. The molecule has 0 radical (unpaired) electrons. The van der Waals surface area contributed by atoms with Crippen LogP contribution < -0.4 is 10.6 Å². The van der Waals surface area contributed by atoms with Gasteiger partial charge < -0.3 is 15.5 Å². The van der Waals surface area contributed by atoms with E-state index >= 15 is 0 Å². The molecule has 1 saturated carbocycles. The van der Waals surface area contributed by atoms with Crippen LogP contribution in [0.1, 0.15) is 100 Å². The summed E-state index contributed by atoms with van der Waals surface area (Å²) < 4.78 is 0. The highest BCUT2D eigenvalue weighted by Crippen LogP contribution is 2.29. The van der Waals surface area contributed by atoms with E-state index in [4.69, 9.17) is 0 Å². The number of amides is 2. The largest absolute Gasteiger partial charge is 0.342 e. The summed E-state index contributed by atoms with van der Waals surface area (Å²) in [7, 11) is 1.89. The zero-order valence-corrected chi connectivity index (χ0v) is 22.9. The number of nitrogens with one attached hydrogen (secondary N) is 2. The lowest BCUT2D eigenvalue weighted by atomic mass is 9.82. The normalized spacial score (nSPS) is 17.7. The van der Waals surface area contributed by atoms with E-state index < -0.39 is 11.6 Å². The Bertz CT molecular complexity index is 685. The standard InChI is InChI=1S/C28H51N3O2/c1-11-28(12-2,30-21(7)8)27(33)29-25(23-16-14-13-15-17-23)26(32)31(10)24(20(5)6)18-22(9)19(3)4/h18,20-21,23-25,30H,3,11-17H2,1-2,4-10H3,(H,29,33)/b22-18+. The van der Waals surface area contributed by atoms with Gasteiger partial charge in [-0.25, -0.2) is 0 Å². The van der Waals surface area contributed by atoms with Crippen molar-refractivity contribution in [3.05, 3.63) is 23.8 Å². The maximum absolute atomic E-state index is 13.9. The Balaban J connectivity index is 3.29. The van der Waals surface area contributed by atoms with Crippen LogP contribution in [0.5, 0.6) is 0 Å². The van der Waals surface area contributed by atoms with Crippen molar-refractivity contribution in [2.75, 3.05) is 7.05 Å². The minimum atomic E-state index is -0.659. The highest BCUT2D eigenvalue weighted by atomic mass is 16.2. The number of allylic oxidation sites excluding steroid dienone is 2. The fourth-order valence-electron chi connectivity index (χ4n) is 5.04. The van der Waals surface area contributed by atoms with Gasteiger partial charge in [-0.3, -0.25) is 9.59 Å². The van der Waals surface area contributed by atoms with Gasteiger partial charge >= 0.3 is 0 Å².